The first-order valence-corrected chi connectivity index (χ1v) is 9.72. The van der Waals surface area contributed by atoms with Gasteiger partial charge in [0.25, 0.3) is 0 Å². The third kappa shape index (κ3) is 9.97. The van der Waals surface area contributed by atoms with Crippen LogP contribution in [0.2, 0.25) is 6.04 Å². The maximum absolute atomic E-state index is 10.9. The smallest absolute Gasteiger partial charge is 0.463 e. The van der Waals surface area contributed by atoms with Gasteiger partial charge in [-0.1, -0.05) is 6.92 Å². The molecule has 0 aromatic carbocycles. The van der Waals surface area contributed by atoms with E-state index in [1.807, 2.05) is 20.8 Å². The highest BCUT2D eigenvalue weighted by atomic mass is 28.4. The Morgan fingerprint density at radius 2 is 1.43 bits per heavy atom. The molecule has 0 rings (SSSR count). The predicted molar refractivity (Wildman–Crippen MR) is 82.1 cm³/mol. The van der Waals surface area contributed by atoms with Gasteiger partial charge >= 0.3 is 14.8 Å². The van der Waals surface area contributed by atoms with Gasteiger partial charge in [0.15, 0.2) is 0 Å². The summed E-state index contributed by atoms with van der Waals surface area (Å²) in [6, 6.07) is 0.733. The third-order valence-electron chi connectivity index (χ3n) is 2.64. The van der Waals surface area contributed by atoms with E-state index in [4.69, 9.17) is 22.8 Å². The van der Waals surface area contributed by atoms with E-state index >= 15 is 0 Å². The Bertz CT molecular complexity index is 245. The Hall–Kier alpha value is -0.473. The highest BCUT2D eigenvalue weighted by Crippen LogP contribution is 2.18. The lowest BCUT2D eigenvalue weighted by Gasteiger charge is -2.28. The average molecular weight is 322 g/mol. The molecule has 0 bridgehead atoms. The molecule has 0 heterocycles. The van der Waals surface area contributed by atoms with Gasteiger partial charge in [0, 0.05) is 38.9 Å². The molecule has 0 amide bonds. The van der Waals surface area contributed by atoms with Crippen molar-refractivity contribution in [3.63, 3.8) is 0 Å². The number of hydrogen-bond donors (Lipinski definition) is 0. The number of ether oxygens (including phenoxy) is 2. The van der Waals surface area contributed by atoms with E-state index < -0.39 is 8.80 Å². The minimum absolute atomic E-state index is 0.200. The highest BCUT2D eigenvalue weighted by Gasteiger charge is 2.39. The Morgan fingerprint density at radius 3 is 1.90 bits per heavy atom. The minimum atomic E-state index is -2.55. The van der Waals surface area contributed by atoms with Gasteiger partial charge in [0.1, 0.15) is 6.61 Å². The molecule has 0 N–H and O–H groups in total. The number of hydrogen-bond acceptors (Lipinski definition) is 6. The summed E-state index contributed by atoms with van der Waals surface area (Å²) in [6.45, 7) is 10.6. The summed E-state index contributed by atoms with van der Waals surface area (Å²) >= 11 is 0. The van der Waals surface area contributed by atoms with Gasteiger partial charge in [-0.05, 0) is 27.2 Å². The van der Waals surface area contributed by atoms with Gasteiger partial charge in [0.05, 0.1) is 6.61 Å². The number of carbonyl (C=O) groups is 1. The van der Waals surface area contributed by atoms with Gasteiger partial charge in [0.2, 0.25) is 0 Å². The largest absolute Gasteiger partial charge is 0.501 e. The van der Waals surface area contributed by atoms with Crippen LogP contribution < -0.4 is 0 Å². The summed E-state index contributed by atoms with van der Waals surface area (Å²) in [7, 11) is -2.55. The molecule has 0 saturated heterocycles. The SMILES string of the molecule is CCO[Si](CCCOCCOC(=O)CC)(OCC)OCC. The predicted octanol–water partition coefficient (Wildman–Crippen LogP) is 2.39. The van der Waals surface area contributed by atoms with Crippen molar-refractivity contribution < 1.29 is 27.5 Å². The molecule has 0 unspecified atom stereocenters. The van der Waals surface area contributed by atoms with Crippen LogP contribution in [-0.2, 0) is 27.5 Å². The first-order valence-electron chi connectivity index (χ1n) is 7.79. The second kappa shape index (κ2) is 13.2. The van der Waals surface area contributed by atoms with E-state index in [0.29, 0.717) is 46.1 Å². The van der Waals surface area contributed by atoms with E-state index in [9.17, 15) is 4.79 Å². The average Bonchev–Trinajstić information content (AvgIpc) is 2.46. The molecule has 0 radical (unpaired) electrons. The summed E-state index contributed by atoms with van der Waals surface area (Å²) < 4.78 is 27.6. The Balaban J connectivity index is 3.88. The number of carbonyl (C=O) groups excluding carboxylic acids is 1. The third-order valence-corrected chi connectivity index (χ3v) is 5.80. The van der Waals surface area contributed by atoms with E-state index in [-0.39, 0.29) is 5.97 Å². The fourth-order valence-electron chi connectivity index (χ4n) is 1.81. The zero-order valence-electron chi connectivity index (χ0n) is 13.8. The van der Waals surface area contributed by atoms with Crippen LogP contribution in [0.25, 0.3) is 0 Å². The monoisotopic (exact) mass is 322 g/mol. The van der Waals surface area contributed by atoms with Crippen molar-refractivity contribution in [1.29, 1.82) is 0 Å². The molecule has 0 atom stereocenters. The summed E-state index contributed by atoms with van der Waals surface area (Å²) in [5.74, 6) is -0.200. The minimum Gasteiger partial charge on any atom is -0.463 e. The maximum Gasteiger partial charge on any atom is 0.501 e. The van der Waals surface area contributed by atoms with Crippen molar-refractivity contribution in [3.05, 3.63) is 0 Å². The lowest BCUT2D eigenvalue weighted by atomic mass is 10.5. The van der Waals surface area contributed by atoms with Gasteiger partial charge < -0.3 is 22.8 Å². The van der Waals surface area contributed by atoms with Crippen molar-refractivity contribution in [2.45, 2.75) is 46.6 Å². The van der Waals surface area contributed by atoms with Gasteiger partial charge in [-0.2, -0.15) is 0 Å². The van der Waals surface area contributed by atoms with Gasteiger partial charge in [-0.3, -0.25) is 4.79 Å². The summed E-state index contributed by atoms with van der Waals surface area (Å²) in [6.07, 6.45) is 1.19. The van der Waals surface area contributed by atoms with Crippen LogP contribution in [-0.4, -0.2) is 54.4 Å². The molecule has 7 heteroatoms. The lowest BCUT2D eigenvalue weighted by Crippen LogP contribution is -2.46. The van der Waals surface area contributed by atoms with Gasteiger partial charge in [-0.25, -0.2) is 0 Å². The molecule has 6 nitrogen and oxygen atoms in total. The Labute approximate surface area is 129 Å². The maximum atomic E-state index is 10.9. The van der Waals surface area contributed by atoms with Crippen LogP contribution in [0.4, 0.5) is 0 Å². The normalized spacial score (nSPS) is 11.6. The molecule has 0 aliphatic carbocycles. The standard InChI is InChI=1S/C14H30O6Si/c1-5-14(15)17-12-11-16-10-9-13-21(18-6-2,19-7-3)20-8-4/h5-13H2,1-4H3. The molecule has 126 valence electrons. The van der Waals surface area contributed by atoms with E-state index in [0.717, 1.165) is 12.5 Å². The molecule has 0 aliphatic rings. The zero-order valence-corrected chi connectivity index (χ0v) is 14.8. The van der Waals surface area contributed by atoms with Crippen molar-refractivity contribution in [2.75, 3.05) is 39.6 Å². The van der Waals surface area contributed by atoms with Crippen LogP contribution in [0, 0.1) is 0 Å². The number of esters is 1. The van der Waals surface area contributed by atoms with E-state index in [1.165, 1.54) is 0 Å². The molecular weight excluding hydrogens is 292 g/mol. The number of rotatable bonds is 14. The summed E-state index contributed by atoms with van der Waals surface area (Å²) in [5, 5.41) is 0. The lowest BCUT2D eigenvalue weighted by molar-refractivity contribution is -0.144. The fourth-order valence-corrected chi connectivity index (χ4v) is 4.39. The van der Waals surface area contributed by atoms with Crippen molar-refractivity contribution in [3.8, 4) is 0 Å². The van der Waals surface area contributed by atoms with Crippen molar-refractivity contribution in [2.24, 2.45) is 0 Å². The van der Waals surface area contributed by atoms with Crippen LogP contribution in [0.3, 0.4) is 0 Å². The van der Waals surface area contributed by atoms with Crippen LogP contribution >= 0.6 is 0 Å². The summed E-state index contributed by atoms with van der Waals surface area (Å²) in [4.78, 5) is 10.9. The first kappa shape index (κ1) is 20.5. The second-order valence-corrected chi connectivity index (χ2v) is 7.00. The van der Waals surface area contributed by atoms with E-state index in [1.54, 1.807) is 6.92 Å². The quantitative estimate of drug-likeness (QED) is 0.278. The highest BCUT2D eigenvalue weighted by molar-refractivity contribution is 6.60. The van der Waals surface area contributed by atoms with Crippen LogP contribution in [0.5, 0.6) is 0 Å². The van der Waals surface area contributed by atoms with Crippen molar-refractivity contribution >= 4 is 14.8 Å². The summed E-state index contributed by atoms with van der Waals surface area (Å²) in [5.41, 5.74) is 0. The molecule has 0 spiro atoms. The van der Waals surface area contributed by atoms with Crippen LogP contribution in [0.15, 0.2) is 0 Å². The Morgan fingerprint density at radius 1 is 0.857 bits per heavy atom. The molecule has 0 aromatic rings. The zero-order chi connectivity index (χ0) is 16.0. The van der Waals surface area contributed by atoms with Gasteiger partial charge in [-0.15, -0.1) is 0 Å². The van der Waals surface area contributed by atoms with Crippen LogP contribution in [0.1, 0.15) is 40.5 Å². The van der Waals surface area contributed by atoms with Crippen molar-refractivity contribution in [1.82, 2.24) is 0 Å². The second-order valence-electron chi connectivity index (χ2n) is 4.27. The van der Waals surface area contributed by atoms with E-state index in [2.05, 4.69) is 0 Å². The molecular formula is C14H30O6Si. The molecule has 21 heavy (non-hydrogen) atoms. The first-order chi connectivity index (χ1) is 10.1. The molecule has 0 aromatic heterocycles. The fraction of sp³-hybridized carbons (Fsp3) is 0.929. The molecule has 0 fully saturated rings. The topological polar surface area (TPSA) is 63.2 Å². The molecule has 0 saturated carbocycles. The molecule has 0 aliphatic heterocycles. The Kier molecular flexibility index (Phi) is 12.9.